The molecule has 0 amide bonds. The van der Waals surface area contributed by atoms with Crippen molar-refractivity contribution in [2.45, 2.75) is 12.5 Å². The van der Waals surface area contributed by atoms with E-state index in [2.05, 4.69) is 0 Å². The summed E-state index contributed by atoms with van der Waals surface area (Å²) in [4.78, 5) is 0. The van der Waals surface area contributed by atoms with Crippen molar-refractivity contribution >= 4 is 0 Å². The lowest BCUT2D eigenvalue weighted by Gasteiger charge is -2.10. The fourth-order valence-electron chi connectivity index (χ4n) is 1.08. The first-order chi connectivity index (χ1) is 6.56. The molecule has 3 N–H and O–H groups in total. The number of rotatable bonds is 3. The smallest absolute Gasteiger partial charge is 0.263 e. The van der Waals surface area contributed by atoms with Gasteiger partial charge in [-0.05, 0) is 6.07 Å². The molecule has 0 aliphatic carbocycles. The van der Waals surface area contributed by atoms with Crippen molar-refractivity contribution in [2.75, 3.05) is 6.61 Å². The fourth-order valence-corrected chi connectivity index (χ4v) is 1.08. The van der Waals surface area contributed by atoms with Crippen molar-refractivity contribution in [3.05, 3.63) is 35.1 Å². The highest BCUT2D eigenvalue weighted by atomic mass is 19.3. The SMILES string of the molecule is N[C@H](CO)c1ccc(C(F)F)cc1F. The Morgan fingerprint density at radius 1 is 1.36 bits per heavy atom. The van der Waals surface area contributed by atoms with Crippen LogP contribution < -0.4 is 5.73 Å². The third kappa shape index (κ3) is 2.24. The molecule has 0 unspecified atom stereocenters. The quantitative estimate of drug-likeness (QED) is 0.789. The standard InChI is InChI=1S/C9H10F3NO/c10-7-3-5(9(11)12)1-2-6(7)8(13)4-14/h1-3,8-9,14H,4,13H2/t8-/m1/s1. The summed E-state index contributed by atoms with van der Waals surface area (Å²) >= 11 is 0. The van der Waals surface area contributed by atoms with Crippen LogP contribution in [0.5, 0.6) is 0 Å². The third-order valence-corrected chi connectivity index (χ3v) is 1.87. The number of benzene rings is 1. The number of aliphatic hydroxyl groups excluding tert-OH is 1. The molecule has 0 saturated heterocycles. The van der Waals surface area contributed by atoms with Gasteiger partial charge in [0.05, 0.1) is 12.6 Å². The van der Waals surface area contributed by atoms with E-state index >= 15 is 0 Å². The lowest BCUT2D eigenvalue weighted by Crippen LogP contribution is -2.16. The number of hydrogen-bond donors (Lipinski definition) is 2. The average molecular weight is 205 g/mol. The molecule has 0 aromatic heterocycles. The van der Waals surface area contributed by atoms with Gasteiger partial charge in [-0.3, -0.25) is 0 Å². The molecule has 1 aromatic rings. The number of nitrogens with two attached hydrogens (primary N) is 1. The van der Waals surface area contributed by atoms with Gasteiger partial charge in [0.15, 0.2) is 0 Å². The normalized spacial score (nSPS) is 13.3. The fraction of sp³-hybridized carbons (Fsp3) is 0.333. The maximum absolute atomic E-state index is 13.1. The largest absolute Gasteiger partial charge is 0.394 e. The zero-order valence-corrected chi connectivity index (χ0v) is 7.25. The second-order valence-corrected chi connectivity index (χ2v) is 2.87. The summed E-state index contributed by atoms with van der Waals surface area (Å²) in [5, 5.41) is 8.65. The van der Waals surface area contributed by atoms with Gasteiger partial charge < -0.3 is 10.8 Å². The summed E-state index contributed by atoms with van der Waals surface area (Å²) in [7, 11) is 0. The Bertz CT molecular complexity index is 317. The third-order valence-electron chi connectivity index (χ3n) is 1.87. The van der Waals surface area contributed by atoms with Gasteiger partial charge in [0.2, 0.25) is 0 Å². The summed E-state index contributed by atoms with van der Waals surface area (Å²) in [6, 6.07) is 2.12. The summed E-state index contributed by atoms with van der Waals surface area (Å²) in [6.07, 6.45) is -2.70. The van der Waals surface area contributed by atoms with Crippen LogP contribution >= 0.6 is 0 Å². The van der Waals surface area contributed by atoms with Crippen LogP contribution in [0.25, 0.3) is 0 Å². The molecule has 1 aromatic carbocycles. The number of halogens is 3. The van der Waals surface area contributed by atoms with Crippen LogP contribution in [-0.2, 0) is 0 Å². The monoisotopic (exact) mass is 205 g/mol. The molecule has 0 fully saturated rings. The van der Waals surface area contributed by atoms with Crippen molar-refractivity contribution in [1.82, 2.24) is 0 Å². The molecule has 0 aliphatic heterocycles. The Morgan fingerprint density at radius 2 is 2.00 bits per heavy atom. The van der Waals surface area contributed by atoms with E-state index in [1.54, 1.807) is 0 Å². The highest BCUT2D eigenvalue weighted by Crippen LogP contribution is 2.23. The first kappa shape index (κ1) is 11.0. The maximum atomic E-state index is 13.1. The molecule has 0 radical (unpaired) electrons. The molecule has 5 heteroatoms. The van der Waals surface area contributed by atoms with E-state index in [1.807, 2.05) is 0 Å². The molecule has 0 aliphatic rings. The molecule has 2 nitrogen and oxygen atoms in total. The van der Waals surface area contributed by atoms with E-state index in [1.165, 1.54) is 0 Å². The Morgan fingerprint density at radius 3 is 2.43 bits per heavy atom. The van der Waals surface area contributed by atoms with E-state index in [-0.39, 0.29) is 5.56 Å². The van der Waals surface area contributed by atoms with Gasteiger partial charge in [-0.1, -0.05) is 12.1 Å². The van der Waals surface area contributed by atoms with Gasteiger partial charge in [0.1, 0.15) is 5.82 Å². The molecule has 0 spiro atoms. The lowest BCUT2D eigenvalue weighted by molar-refractivity contribution is 0.151. The van der Waals surface area contributed by atoms with Crippen LogP contribution in [0.3, 0.4) is 0 Å². The van der Waals surface area contributed by atoms with E-state index in [0.717, 1.165) is 18.2 Å². The van der Waals surface area contributed by atoms with Gasteiger partial charge in [0.25, 0.3) is 6.43 Å². The highest BCUT2D eigenvalue weighted by Gasteiger charge is 2.14. The lowest BCUT2D eigenvalue weighted by atomic mass is 10.1. The summed E-state index contributed by atoms with van der Waals surface area (Å²) in [6.45, 7) is -0.426. The van der Waals surface area contributed by atoms with E-state index in [9.17, 15) is 13.2 Å². The first-order valence-electron chi connectivity index (χ1n) is 4.00. The van der Waals surface area contributed by atoms with Gasteiger partial charge in [-0.15, -0.1) is 0 Å². The molecule has 1 rings (SSSR count). The van der Waals surface area contributed by atoms with Crippen LogP contribution in [0.1, 0.15) is 23.6 Å². The topological polar surface area (TPSA) is 46.2 Å². The minimum absolute atomic E-state index is 0.0388. The zero-order valence-electron chi connectivity index (χ0n) is 7.25. The minimum atomic E-state index is -2.70. The molecule has 14 heavy (non-hydrogen) atoms. The second kappa shape index (κ2) is 4.43. The van der Waals surface area contributed by atoms with Crippen molar-refractivity contribution in [3.8, 4) is 0 Å². The molecule has 78 valence electrons. The Labute approximate surface area is 79.2 Å². The summed E-state index contributed by atoms with van der Waals surface area (Å²) in [5.74, 6) is -0.815. The summed E-state index contributed by atoms with van der Waals surface area (Å²) in [5.41, 5.74) is 4.99. The number of aliphatic hydroxyl groups is 1. The highest BCUT2D eigenvalue weighted by molar-refractivity contribution is 5.27. The van der Waals surface area contributed by atoms with Gasteiger partial charge in [-0.25, -0.2) is 13.2 Å². The van der Waals surface area contributed by atoms with Crippen LogP contribution in [0.15, 0.2) is 18.2 Å². The van der Waals surface area contributed by atoms with Crippen molar-refractivity contribution in [1.29, 1.82) is 0 Å². The van der Waals surface area contributed by atoms with E-state index in [0.29, 0.717) is 0 Å². The van der Waals surface area contributed by atoms with E-state index in [4.69, 9.17) is 10.8 Å². The van der Waals surface area contributed by atoms with Gasteiger partial charge >= 0.3 is 0 Å². The molecule has 0 saturated carbocycles. The van der Waals surface area contributed by atoms with Gasteiger partial charge in [-0.2, -0.15) is 0 Å². The van der Waals surface area contributed by atoms with Gasteiger partial charge in [0, 0.05) is 11.1 Å². The molecule has 0 bridgehead atoms. The van der Waals surface area contributed by atoms with Crippen LogP contribution in [0.4, 0.5) is 13.2 Å². The average Bonchev–Trinajstić information content (AvgIpc) is 2.16. The predicted octanol–water partition coefficient (Wildman–Crippen LogP) is 1.76. The van der Waals surface area contributed by atoms with Crippen molar-refractivity contribution < 1.29 is 18.3 Å². The van der Waals surface area contributed by atoms with Crippen molar-refractivity contribution in [2.24, 2.45) is 5.73 Å². The Hall–Kier alpha value is -1.07. The predicted molar refractivity (Wildman–Crippen MR) is 45.4 cm³/mol. The van der Waals surface area contributed by atoms with Crippen LogP contribution in [-0.4, -0.2) is 11.7 Å². The molecule has 1 atom stereocenters. The van der Waals surface area contributed by atoms with Crippen molar-refractivity contribution in [3.63, 3.8) is 0 Å². The number of alkyl halides is 2. The number of hydrogen-bond acceptors (Lipinski definition) is 2. The zero-order chi connectivity index (χ0) is 10.7. The maximum Gasteiger partial charge on any atom is 0.263 e. The minimum Gasteiger partial charge on any atom is -0.394 e. The first-order valence-corrected chi connectivity index (χ1v) is 4.00. The van der Waals surface area contributed by atoms with Crippen LogP contribution in [0, 0.1) is 5.82 Å². The summed E-state index contributed by atoms with van der Waals surface area (Å²) < 4.78 is 37.4. The molecular formula is C9H10F3NO. The Balaban J connectivity index is 3.01. The van der Waals surface area contributed by atoms with Crippen LogP contribution in [0.2, 0.25) is 0 Å². The molecular weight excluding hydrogens is 195 g/mol. The van der Waals surface area contributed by atoms with E-state index < -0.39 is 30.5 Å². The second-order valence-electron chi connectivity index (χ2n) is 2.87. The Kier molecular flexibility index (Phi) is 3.49. The molecule has 0 heterocycles.